The molecule has 0 fully saturated rings. The van der Waals surface area contributed by atoms with Crippen molar-refractivity contribution in [2.75, 3.05) is 6.54 Å². The second-order valence-corrected chi connectivity index (χ2v) is 6.17. The third-order valence-corrected chi connectivity index (χ3v) is 4.37. The Hall–Kier alpha value is -0.130. The fourth-order valence-electron chi connectivity index (χ4n) is 2.86. The number of unbranched alkanes of at least 4 members (excludes halogenated alkanes) is 9. The lowest BCUT2D eigenvalue weighted by atomic mass is 10.1. The van der Waals surface area contributed by atoms with Gasteiger partial charge < -0.3 is 17.0 Å². The zero-order valence-corrected chi connectivity index (χ0v) is 15.8. The van der Waals surface area contributed by atoms with Crippen LogP contribution in [0, 0.1) is 0 Å². The summed E-state index contributed by atoms with van der Waals surface area (Å²) < 4.78 is 0. The van der Waals surface area contributed by atoms with Gasteiger partial charge in [-0.15, -0.1) is 0 Å². The maximum atomic E-state index is 5.91. The smallest absolute Gasteiger partial charge is 0.199 e. The molecule has 1 aliphatic heterocycles. The molecule has 0 aromatic rings. The van der Waals surface area contributed by atoms with Crippen LogP contribution in [0.25, 0.3) is 0 Å². The second-order valence-electron chi connectivity index (χ2n) is 6.17. The van der Waals surface area contributed by atoms with Gasteiger partial charge in [-0.3, -0.25) is 0 Å². The molecular formula is C16H35BrN4. The maximum absolute atomic E-state index is 5.91. The molecule has 2 atom stereocenters. The summed E-state index contributed by atoms with van der Waals surface area (Å²) in [4.78, 5) is 0. The van der Waals surface area contributed by atoms with E-state index in [4.69, 9.17) is 5.84 Å². The van der Waals surface area contributed by atoms with Gasteiger partial charge in [0.25, 0.3) is 0 Å². The van der Waals surface area contributed by atoms with Gasteiger partial charge in [-0.25, -0.2) is 10.9 Å². The van der Waals surface area contributed by atoms with Gasteiger partial charge in [0.1, 0.15) is 6.54 Å². The van der Waals surface area contributed by atoms with Crippen LogP contribution in [0.2, 0.25) is 0 Å². The number of nitrogens with one attached hydrogen (secondary N) is 1. The summed E-state index contributed by atoms with van der Waals surface area (Å²) in [6.07, 6.45) is 14.2. The van der Waals surface area contributed by atoms with E-state index in [0.29, 0.717) is 6.17 Å². The van der Waals surface area contributed by atoms with E-state index in [9.17, 15) is 0 Å². The Morgan fingerprint density at radius 1 is 1.00 bits per heavy atom. The van der Waals surface area contributed by atoms with Crippen molar-refractivity contribution in [1.29, 1.82) is 0 Å². The highest BCUT2D eigenvalue weighted by Crippen LogP contribution is 2.10. The van der Waals surface area contributed by atoms with Crippen LogP contribution in [-0.2, 0) is 0 Å². The van der Waals surface area contributed by atoms with Crippen molar-refractivity contribution in [3.8, 4) is 0 Å². The van der Waals surface area contributed by atoms with Crippen molar-refractivity contribution in [2.24, 2.45) is 10.9 Å². The van der Waals surface area contributed by atoms with Gasteiger partial charge in [-0.1, -0.05) is 63.4 Å². The molecule has 0 aliphatic carbocycles. The largest absolute Gasteiger partial charge is 1.00 e. The summed E-state index contributed by atoms with van der Waals surface area (Å²) in [5.41, 5.74) is 0. The van der Waals surface area contributed by atoms with Crippen LogP contribution in [0.5, 0.6) is 0 Å². The second kappa shape index (κ2) is 12.4. The first-order chi connectivity index (χ1) is 9.66. The third kappa shape index (κ3) is 8.17. The fourth-order valence-corrected chi connectivity index (χ4v) is 2.86. The molecule has 0 amide bonds. The van der Waals surface area contributed by atoms with E-state index in [1.807, 2.05) is 6.92 Å². The van der Waals surface area contributed by atoms with Crippen LogP contribution in [0.15, 0.2) is 5.10 Å². The molecule has 1 aliphatic rings. The van der Waals surface area contributed by atoms with Crippen molar-refractivity contribution in [3.05, 3.63) is 0 Å². The Morgan fingerprint density at radius 3 is 1.90 bits per heavy atom. The predicted octanol–water partition coefficient (Wildman–Crippen LogP) is -0.335. The quantitative estimate of drug-likeness (QED) is 0.390. The molecule has 21 heavy (non-hydrogen) atoms. The average molecular weight is 363 g/mol. The minimum absolute atomic E-state index is 0. The number of nitrogens with zero attached hydrogens (tertiary/aromatic N) is 2. The molecule has 0 saturated heterocycles. The highest BCUT2D eigenvalue weighted by Gasteiger charge is 2.30. The molecule has 0 spiro atoms. The molecule has 0 aromatic carbocycles. The average Bonchev–Trinajstić information content (AvgIpc) is 2.68. The zero-order valence-electron chi connectivity index (χ0n) is 14.2. The number of hydrazine groups is 1. The Bertz CT molecular complexity index is 283. The standard InChI is InChI=1S/C16H34N4.BrH/c1-4-5-6-7-8-9-10-11-12-13-14-19-16(3)20(17)15(2)18-19;/h16H,4-14,17H2,1-3H3;1H. The van der Waals surface area contributed by atoms with Gasteiger partial charge in [0, 0.05) is 13.8 Å². The summed E-state index contributed by atoms with van der Waals surface area (Å²) in [7, 11) is 0. The highest BCUT2D eigenvalue weighted by atomic mass is 79.9. The van der Waals surface area contributed by atoms with Gasteiger partial charge in [0.05, 0.1) is 0 Å². The lowest BCUT2D eigenvalue weighted by Crippen LogP contribution is -3.11. The molecule has 1 heterocycles. The van der Waals surface area contributed by atoms with E-state index >= 15 is 0 Å². The third-order valence-electron chi connectivity index (χ3n) is 4.37. The molecule has 3 N–H and O–H groups in total. The first-order valence-corrected chi connectivity index (χ1v) is 8.61. The van der Waals surface area contributed by atoms with Gasteiger partial charge >= 0.3 is 0 Å². The number of rotatable bonds is 11. The fraction of sp³-hybridized carbons (Fsp3) is 0.938. The van der Waals surface area contributed by atoms with E-state index in [2.05, 4.69) is 18.9 Å². The Morgan fingerprint density at radius 2 is 1.48 bits per heavy atom. The molecule has 4 nitrogen and oxygen atoms in total. The Balaban J connectivity index is 0.00000400. The molecule has 5 heteroatoms. The van der Waals surface area contributed by atoms with Crippen LogP contribution < -0.4 is 27.8 Å². The summed E-state index contributed by atoms with van der Waals surface area (Å²) in [5, 5.41) is 7.61. The van der Waals surface area contributed by atoms with Crippen molar-refractivity contribution < 1.29 is 22.0 Å². The number of quaternary nitrogens is 1. The van der Waals surface area contributed by atoms with E-state index in [1.54, 1.807) is 5.01 Å². The van der Waals surface area contributed by atoms with Crippen molar-refractivity contribution in [1.82, 2.24) is 5.01 Å². The number of amidine groups is 1. The van der Waals surface area contributed by atoms with E-state index in [-0.39, 0.29) is 17.0 Å². The molecule has 0 aromatic heterocycles. The molecule has 0 radical (unpaired) electrons. The molecule has 2 unspecified atom stereocenters. The number of nitrogens with two attached hydrogens (primary N) is 1. The monoisotopic (exact) mass is 362 g/mol. The van der Waals surface area contributed by atoms with Crippen molar-refractivity contribution >= 4 is 5.84 Å². The Kier molecular flexibility index (Phi) is 12.3. The SMILES string of the molecule is CCCCCCCCCCCC[NH+]1N=C(C)N(N)C1C.[Br-]. The first-order valence-electron chi connectivity index (χ1n) is 8.61. The molecule has 0 bridgehead atoms. The highest BCUT2D eigenvalue weighted by molar-refractivity contribution is 5.79. The number of hydrogen-bond acceptors (Lipinski definition) is 3. The summed E-state index contributed by atoms with van der Waals surface area (Å²) >= 11 is 0. The number of halogens is 1. The van der Waals surface area contributed by atoms with E-state index < -0.39 is 0 Å². The predicted molar refractivity (Wildman–Crippen MR) is 86.3 cm³/mol. The molecular weight excluding hydrogens is 328 g/mol. The topological polar surface area (TPSA) is 46.1 Å². The zero-order chi connectivity index (χ0) is 14.8. The van der Waals surface area contributed by atoms with Crippen LogP contribution in [-0.4, -0.2) is 23.6 Å². The summed E-state index contributed by atoms with van der Waals surface area (Å²) in [6.45, 7) is 7.52. The number of hydrogen-bond donors (Lipinski definition) is 2. The lowest BCUT2D eigenvalue weighted by molar-refractivity contribution is -0.932. The van der Waals surface area contributed by atoms with Crippen LogP contribution in [0.4, 0.5) is 0 Å². The van der Waals surface area contributed by atoms with Crippen LogP contribution >= 0.6 is 0 Å². The molecule has 126 valence electrons. The van der Waals surface area contributed by atoms with Gasteiger partial charge in [-0.05, 0) is 12.8 Å². The van der Waals surface area contributed by atoms with Gasteiger partial charge in [0.15, 0.2) is 12.0 Å². The lowest BCUT2D eigenvalue weighted by Gasteiger charge is -2.18. The normalized spacial score (nSPS) is 21.3. The van der Waals surface area contributed by atoms with Crippen molar-refractivity contribution in [3.63, 3.8) is 0 Å². The van der Waals surface area contributed by atoms with Crippen LogP contribution in [0.3, 0.4) is 0 Å². The minimum Gasteiger partial charge on any atom is -1.00 e. The van der Waals surface area contributed by atoms with Crippen LogP contribution in [0.1, 0.15) is 85.0 Å². The van der Waals surface area contributed by atoms with E-state index in [0.717, 1.165) is 12.4 Å². The minimum atomic E-state index is 0. The summed E-state index contributed by atoms with van der Waals surface area (Å²) in [6, 6.07) is 0. The molecule has 0 saturated carbocycles. The summed E-state index contributed by atoms with van der Waals surface area (Å²) in [5.74, 6) is 6.87. The molecule has 1 rings (SSSR count). The Labute approximate surface area is 141 Å². The van der Waals surface area contributed by atoms with Crippen molar-refractivity contribution in [2.45, 2.75) is 91.1 Å². The van der Waals surface area contributed by atoms with E-state index in [1.165, 1.54) is 69.2 Å². The van der Waals surface area contributed by atoms with Gasteiger partial charge in [-0.2, -0.15) is 5.01 Å². The first kappa shape index (κ1) is 20.9. The van der Waals surface area contributed by atoms with Gasteiger partial charge in [0.2, 0.25) is 0 Å². The maximum Gasteiger partial charge on any atom is 0.199 e.